The summed E-state index contributed by atoms with van der Waals surface area (Å²) in [4.78, 5) is 2.34. The van der Waals surface area contributed by atoms with Crippen LogP contribution in [0.2, 0.25) is 0 Å². The second-order valence-corrected chi connectivity index (χ2v) is 4.40. The van der Waals surface area contributed by atoms with E-state index >= 15 is 0 Å². The van der Waals surface area contributed by atoms with Crippen molar-refractivity contribution in [3.05, 3.63) is 29.3 Å². The van der Waals surface area contributed by atoms with Crippen LogP contribution >= 0.6 is 0 Å². The fourth-order valence-corrected chi connectivity index (χ4v) is 2.11. The summed E-state index contributed by atoms with van der Waals surface area (Å²) < 4.78 is 5.52. The number of aliphatic hydroxyl groups excluding tert-OH is 1. The Morgan fingerprint density at radius 3 is 2.94 bits per heavy atom. The molecule has 1 fully saturated rings. The van der Waals surface area contributed by atoms with Gasteiger partial charge in [-0.2, -0.15) is 0 Å². The zero-order valence-corrected chi connectivity index (χ0v) is 9.94. The van der Waals surface area contributed by atoms with Crippen LogP contribution in [0.15, 0.2) is 18.2 Å². The van der Waals surface area contributed by atoms with Gasteiger partial charge in [0.15, 0.2) is 0 Å². The molecule has 0 spiro atoms. The Bertz CT molecular complexity index is 365. The molecule has 1 aromatic carbocycles. The second kappa shape index (κ2) is 4.85. The molecule has 3 nitrogen and oxygen atoms in total. The maximum atomic E-state index is 9.13. The van der Waals surface area contributed by atoms with Crippen LogP contribution in [0, 0.1) is 6.92 Å². The highest BCUT2D eigenvalue weighted by molar-refractivity contribution is 5.51. The van der Waals surface area contributed by atoms with Gasteiger partial charge in [0.2, 0.25) is 0 Å². The summed E-state index contributed by atoms with van der Waals surface area (Å²) in [5.41, 5.74) is 3.38. The highest BCUT2D eigenvalue weighted by Crippen LogP contribution is 2.21. The highest BCUT2D eigenvalue weighted by atomic mass is 16.5. The van der Waals surface area contributed by atoms with E-state index in [1.165, 1.54) is 5.69 Å². The number of ether oxygens (including phenoxy) is 1. The molecule has 2 rings (SSSR count). The Morgan fingerprint density at radius 1 is 1.50 bits per heavy atom. The molecule has 3 heteroatoms. The predicted molar refractivity (Wildman–Crippen MR) is 64.7 cm³/mol. The normalized spacial score (nSPS) is 21.2. The number of aliphatic hydroxyl groups is 1. The topological polar surface area (TPSA) is 32.7 Å². The monoisotopic (exact) mass is 221 g/mol. The summed E-state index contributed by atoms with van der Waals surface area (Å²) in [7, 11) is 0. The first-order valence-corrected chi connectivity index (χ1v) is 5.77. The molecule has 1 aromatic rings. The lowest BCUT2D eigenvalue weighted by Gasteiger charge is -2.33. The minimum absolute atomic E-state index is 0.117. The Balaban J connectivity index is 2.17. The summed E-state index contributed by atoms with van der Waals surface area (Å²) in [5, 5.41) is 9.13. The lowest BCUT2D eigenvalue weighted by Crippen LogP contribution is -2.41. The first kappa shape index (κ1) is 11.4. The van der Waals surface area contributed by atoms with E-state index < -0.39 is 0 Å². The SMILES string of the molecule is Cc1cc(N2CCOC(C)C2)ccc1CO. The number of rotatable bonds is 2. The van der Waals surface area contributed by atoms with Crippen molar-refractivity contribution in [1.29, 1.82) is 0 Å². The Kier molecular flexibility index (Phi) is 3.46. The van der Waals surface area contributed by atoms with Gasteiger partial charge in [-0.1, -0.05) is 6.07 Å². The number of hydrogen-bond acceptors (Lipinski definition) is 3. The molecule has 88 valence electrons. The van der Waals surface area contributed by atoms with Gasteiger partial charge in [-0.25, -0.2) is 0 Å². The number of nitrogens with zero attached hydrogens (tertiary/aromatic N) is 1. The van der Waals surface area contributed by atoms with Crippen LogP contribution in [0.3, 0.4) is 0 Å². The van der Waals surface area contributed by atoms with Crippen LogP contribution in [0.4, 0.5) is 5.69 Å². The lowest BCUT2D eigenvalue weighted by molar-refractivity contribution is 0.0532. The van der Waals surface area contributed by atoms with Gasteiger partial charge in [-0.15, -0.1) is 0 Å². The molecule has 1 saturated heterocycles. The van der Waals surface area contributed by atoms with Gasteiger partial charge in [0.25, 0.3) is 0 Å². The zero-order chi connectivity index (χ0) is 11.5. The minimum atomic E-state index is 0.117. The number of morpholine rings is 1. The van der Waals surface area contributed by atoms with Crippen LogP contribution in [-0.2, 0) is 11.3 Å². The number of hydrogen-bond donors (Lipinski definition) is 1. The molecular formula is C13H19NO2. The maximum absolute atomic E-state index is 9.13. The van der Waals surface area contributed by atoms with Crippen molar-refractivity contribution < 1.29 is 9.84 Å². The van der Waals surface area contributed by atoms with E-state index in [1.54, 1.807) is 0 Å². The van der Waals surface area contributed by atoms with Gasteiger partial charge in [0.05, 0.1) is 19.3 Å². The van der Waals surface area contributed by atoms with Crippen LogP contribution in [-0.4, -0.2) is 30.9 Å². The number of benzene rings is 1. The quantitative estimate of drug-likeness (QED) is 0.825. The summed E-state index contributed by atoms with van der Waals surface area (Å²) in [6.45, 7) is 6.94. The van der Waals surface area contributed by atoms with E-state index in [1.807, 2.05) is 13.0 Å². The minimum Gasteiger partial charge on any atom is -0.392 e. The van der Waals surface area contributed by atoms with Crippen molar-refractivity contribution in [2.75, 3.05) is 24.6 Å². The number of anilines is 1. The Hall–Kier alpha value is -1.06. The third kappa shape index (κ3) is 2.36. The van der Waals surface area contributed by atoms with Gasteiger partial charge < -0.3 is 14.7 Å². The third-order valence-electron chi connectivity index (χ3n) is 3.10. The van der Waals surface area contributed by atoms with Crippen LogP contribution in [0.1, 0.15) is 18.1 Å². The second-order valence-electron chi connectivity index (χ2n) is 4.40. The van der Waals surface area contributed by atoms with Gasteiger partial charge in [-0.05, 0) is 37.1 Å². The Morgan fingerprint density at radius 2 is 2.31 bits per heavy atom. The van der Waals surface area contributed by atoms with E-state index in [0.29, 0.717) is 6.10 Å². The molecule has 1 N–H and O–H groups in total. The average molecular weight is 221 g/mol. The van der Waals surface area contributed by atoms with E-state index in [0.717, 1.165) is 30.8 Å². The standard InChI is InChI=1S/C13H19NO2/c1-10-7-13(4-3-12(10)9-15)14-5-6-16-11(2)8-14/h3-4,7,11,15H,5-6,8-9H2,1-2H3. The number of aryl methyl sites for hydroxylation is 1. The van der Waals surface area contributed by atoms with Gasteiger partial charge in [0.1, 0.15) is 0 Å². The Labute approximate surface area is 96.6 Å². The highest BCUT2D eigenvalue weighted by Gasteiger charge is 2.17. The van der Waals surface area contributed by atoms with Crippen LogP contribution in [0.5, 0.6) is 0 Å². The predicted octanol–water partition coefficient (Wildman–Crippen LogP) is 1.71. The lowest BCUT2D eigenvalue weighted by atomic mass is 10.1. The van der Waals surface area contributed by atoms with Crippen molar-refractivity contribution >= 4 is 5.69 Å². The molecule has 0 amide bonds. The van der Waals surface area contributed by atoms with Crippen LogP contribution < -0.4 is 4.90 Å². The molecule has 1 atom stereocenters. The van der Waals surface area contributed by atoms with Gasteiger partial charge >= 0.3 is 0 Å². The van der Waals surface area contributed by atoms with Crippen molar-refractivity contribution in [1.82, 2.24) is 0 Å². The molecule has 1 aliphatic heterocycles. The van der Waals surface area contributed by atoms with Crippen molar-refractivity contribution in [3.8, 4) is 0 Å². The van der Waals surface area contributed by atoms with Crippen molar-refractivity contribution in [2.24, 2.45) is 0 Å². The third-order valence-corrected chi connectivity index (χ3v) is 3.10. The average Bonchev–Trinajstić information content (AvgIpc) is 2.29. The van der Waals surface area contributed by atoms with E-state index in [9.17, 15) is 0 Å². The molecule has 1 aliphatic rings. The van der Waals surface area contributed by atoms with E-state index in [2.05, 4.69) is 24.0 Å². The molecule has 1 heterocycles. The molecule has 0 saturated carbocycles. The van der Waals surface area contributed by atoms with E-state index in [4.69, 9.17) is 9.84 Å². The molecule has 0 radical (unpaired) electrons. The van der Waals surface area contributed by atoms with E-state index in [-0.39, 0.29) is 6.61 Å². The molecule has 1 unspecified atom stereocenters. The summed E-state index contributed by atoms with van der Waals surface area (Å²) in [6.07, 6.45) is 0.298. The first-order chi connectivity index (χ1) is 7.70. The molecule has 0 aromatic heterocycles. The van der Waals surface area contributed by atoms with Crippen LogP contribution in [0.25, 0.3) is 0 Å². The summed E-state index contributed by atoms with van der Waals surface area (Å²) in [6, 6.07) is 6.23. The summed E-state index contributed by atoms with van der Waals surface area (Å²) >= 11 is 0. The zero-order valence-electron chi connectivity index (χ0n) is 9.94. The largest absolute Gasteiger partial charge is 0.392 e. The van der Waals surface area contributed by atoms with Gasteiger partial charge in [-0.3, -0.25) is 0 Å². The smallest absolute Gasteiger partial charge is 0.0722 e. The maximum Gasteiger partial charge on any atom is 0.0722 e. The molecule has 0 aliphatic carbocycles. The fraction of sp³-hybridized carbons (Fsp3) is 0.538. The molecule has 16 heavy (non-hydrogen) atoms. The first-order valence-electron chi connectivity index (χ1n) is 5.77. The fourth-order valence-electron chi connectivity index (χ4n) is 2.11. The van der Waals surface area contributed by atoms with Gasteiger partial charge in [0, 0.05) is 18.8 Å². The molecular weight excluding hydrogens is 202 g/mol. The van der Waals surface area contributed by atoms with Crippen molar-refractivity contribution in [2.45, 2.75) is 26.6 Å². The summed E-state index contributed by atoms with van der Waals surface area (Å²) in [5.74, 6) is 0. The van der Waals surface area contributed by atoms with Crippen molar-refractivity contribution in [3.63, 3.8) is 0 Å². The molecule has 0 bridgehead atoms.